The number of rotatable bonds is 7. The highest BCUT2D eigenvalue weighted by Crippen LogP contribution is 2.23. The maximum absolute atomic E-state index is 5.38. The molecule has 0 aliphatic rings. The van der Waals surface area contributed by atoms with Crippen LogP contribution in [0.1, 0.15) is 33.6 Å². The average molecular weight is 257 g/mol. The van der Waals surface area contributed by atoms with Crippen LogP contribution in [0.4, 0.5) is 5.95 Å². The Hall–Kier alpha value is -1.08. The predicted octanol–water partition coefficient (Wildman–Crippen LogP) is 1.84. The topological polar surface area (TPSA) is 86.0 Å². The van der Waals surface area contributed by atoms with Gasteiger partial charge in [0.25, 0.3) is 0 Å². The van der Waals surface area contributed by atoms with Crippen LogP contribution in [-0.4, -0.2) is 26.8 Å². The normalized spacial score (nSPS) is 12.2. The third kappa shape index (κ3) is 4.74. The summed E-state index contributed by atoms with van der Waals surface area (Å²) in [5.41, 5.74) is 2.42. The van der Waals surface area contributed by atoms with E-state index in [2.05, 4.69) is 34.2 Å². The van der Waals surface area contributed by atoms with Crippen molar-refractivity contribution in [3.05, 3.63) is 0 Å². The van der Waals surface area contributed by atoms with Crippen molar-refractivity contribution in [1.29, 1.82) is 0 Å². The van der Waals surface area contributed by atoms with E-state index < -0.39 is 0 Å². The fraction of sp³-hybridized carbons (Fsp3) is 0.700. The summed E-state index contributed by atoms with van der Waals surface area (Å²) < 4.78 is 5.38. The Balaban J connectivity index is 2.80. The average Bonchev–Trinajstić information content (AvgIpc) is 2.35. The third-order valence-electron chi connectivity index (χ3n) is 2.04. The number of nitrogens with zero attached hydrogens (tertiary/aromatic N) is 3. The largest absolute Gasteiger partial charge is 0.463 e. The highest BCUT2D eigenvalue weighted by atomic mass is 32.2. The molecule has 1 atom stereocenters. The first-order chi connectivity index (χ1) is 8.19. The Morgan fingerprint density at radius 2 is 2.12 bits per heavy atom. The van der Waals surface area contributed by atoms with Crippen molar-refractivity contribution in [3.8, 4) is 6.01 Å². The molecule has 1 aromatic heterocycles. The van der Waals surface area contributed by atoms with Gasteiger partial charge in [0.15, 0.2) is 5.16 Å². The van der Waals surface area contributed by atoms with Gasteiger partial charge >= 0.3 is 6.01 Å². The molecule has 0 radical (unpaired) electrons. The second-order valence-electron chi connectivity index (χ2n) is 3.55. The van der Waals surface area contributed by atoms with Gasteiger partial charge in [0.05, 0.1) is 6.61 Å². The van der Waals surface area contributed by atoms with E-state index in [4.69, 9.17) is 10.6 Å². The van der Waals surface area contributed by atoms with Gasteiger partial charge in [-0.3, -0.25) is 5.43 Å². The number of ether oxygens (including phenoxy) is 1. The van der Waals surface area contributed by atoms with E-state index in [0.29, 0.717) is 29.0 Å². The highest BCUT2D eigenvalue weighted by Gasteiger charge is 2.10. The number of nitrogen functional groups attached to an aromatic ring is 1. The Morgan fingerprint density at radius 3 is 2.71 bits per heavy atom. The smallest absolute Gasteiger partial charge is 0.322 e. The van der Waals surface area contributed by atoms with Crippen LogP contribution < -0.4 is 16.0 Å². The highest BCUT2D eigenvalue weighted by molar-refractivity contribution is 7.99. The predicted molar refractivity (Wildman–Crippen MR) is 69.0 cm³/mol. The van der Waals surface area contributed by atoms with E-state index in [0.717, 1.165) is 12.8 Å². The lowest BCUT2D eigenvalue weighted by molar-refractivity contribution is 0.288. The molecule has 1 rings (SSSR count). The van der Waals surface area contributed by atoms with E-state index in [-0.39, 0.29) is 0 Å². The lowest BCUT2D eigenvalue weighted by atomic mass is 10.4. The minimum atomic E-state index is 0.320. The van der Waals surface area contributed by atoms with E-state index in [9.17, 15) is 0 Å². The lowest BCUT2D eigenvalue weighted by Crippen LogP contribution is -2.13. The van der Waals surface area contributed by atoms with Crippen LogP contribution in [0.15, 0.2) is 5.16 Å². The summed E-state index contributed by atoms with van der Waals surface area (Å²) in [5, 5.41) is 1.08. The van der Waals surface area contributed by atoms with E-state index >= 15 is 0 Å². The zero-order valence-electron chi connectivity index (χ0n) is 10.4. The molecule has 3 N–H and O–H groups in total. The van der Waals surface area contributed by atoms with Crippen LogP contribution in [-0.2, 0) is 0 Å². The zero-order chi connectivity index (χ0) is 12.7. The van der Waals surface area contributed by atoms with Crippen LogP contribution in [0.25, 0.3) is 0 Å². The summed E-state index contributed by atoms with van der Waals surface area (Å²) in [4.78, 5) is 12.4. The van der Waals surface area contributed by atoms with Crippen LogP contribution in [0.2, 0.25) is 0 Å². The fourth-order valence-corrected chi connectivity index (χ4v) is 1.77. The van der Waals surface area contributed by atoms with Crippen LogP contribution in [0.3, 0.4) is 0 Å². The van der Waals surface area contributed by atoms with Crippen LogP contribution >= 0.6 is 11.8 Å². The Kier molecular flexibility index (Phi) is 5.99. The SMILES string of the molecule is CCCOc1nc(NN)nc(SC(C)CC)n1. The first-order valence-electron chi connectivity index (χ1n) is 5.71. The third-order valence-corrected chi connectivity index (χ3v) is 3.17. The van der Waals surface area contributed by atoms with Gasteiger partial charge in [0, 0.05) is 5.25 Å². The molecule has 0 spiro atoms. The summed E-state index contributed by atoms with van der Waals surface area (Å²) in [6, 6.07) is 0.320. The Bertz CT molecular complexity index is 349. The maximum atomic E-state index is 5.38. The molecule has 7 heteroatoms. The molecule has 0 aliphatic carbocycles. The van der Waals surface area contributed by atoms with Crippen molar-refractivity contribution in [2.75, 3.05) is 12.0 Å². The number of thioether (sulfide) groups is 1. The van der Waals surface area contributed by atoms with Crippen molar-refractivity contribution in [3.63, 3.8) is 0 Å². The molecule has 0 aliphatic heterocycles. The number of aromatic nitrogens is 3. The Morgan fingerprint density at radius 1 is 1.35 bits per heavy atom. The minimum Gasteiger partial charge on any atom is -0.463 e. The first kappa shape index (κ1) is 14.0. The molecule has 6 nitrogen and oxygen atoms in total. The standard InChI is InChI=1S/C10H19N5OS/c1-4-6-16-9-12-8(15-11)13-10(14-9)17-7(3)5-2/h7H,4-6,11H2,1-3H3,(H,12,13,14,15). The van der Waals surface area contributed by atoms with Gasteiger partial charge in [-0.05, 0) is 12.8 Å². The van der Waals surface area contributed by atoms with E-state index in [1.807, 2.05) is 6.92 Å². The number of nitrogens with one attached hydrogen (secondary N) is 1. The van der Waals surface area contributed by atoms with E-state index in [1.165, 1.54) is 0 Å². The number of hydrogen-bond donors (Lipinski definition) is 2. The lowest BCUT2D eigenvalue weighted by Gasteiger charge is -2.09. The van der Waals surface area contributed by atoms with Gasteiger partial charge in [0.1, 0.15) is 0 Å². The molecule has 1 unspecified atom stereocenters. The monoisotopic (exact) mass is 257 g/mol. The van der Waals surface area contributed by atoms with Crippen LogP contribution in [0, 0.1) is 0 Å². The van der Waals surface area contributed by atoms with Crippen molar-refractivity contribution in [1.82, 2.24) is 15.0 Å². The maximum Gasteiger partial charge on any atom is 0.322 e. The molecule has 0 fully saturated rings. The molecule has 96 valence electrons. The zero-order valence-corrected chi connectivity index (χ0v) is 11.3. The molecule has 0 saturated heterocycles. The summed E-state index contributed by atoms with van der Waals surface area (Å²) in [7, 11) is 0. The van der Waals surface area contributed by atoms with Crippen molar-refractivity contribution < 1.29 is 4.74 Å². The number of hydrazine groups is 1. The molecule has 1 heterocycles. The van der Waals surface area contributed by atoms with Crippen molar-refractivity contribution in [2.24, 2.45) is 5.84 Å². The fourth-order valence-electron chi connectivity index (χ4n) is 0.976. The molecule has 0 amide bonds. The van der Waals surface area contributed by atoms with Gasteiger partial charge in [-0.25, -0.2) is 5.84 Å². The van der Waals surface area contributed by atoms with Crippen LogP contribution in [0.5, 0.6) is 6.01 Å². The summed E-state index contributed by atoms with van der Waals surface area (Å²) in [6.45, 7) is 6.85. The molecule has 17 heavy (non-hydrogen) atoms. The quantitative estimate of drug-likeness (QED) is 0.438. The molecular formula is C10H19N5OS. The summed E-state index contributed by atoms with van der Waals surface area (Å²) in [5.74, 6) is 5.64. The first-order valence-corrected chi connectivity index (χ1v) is 6.59. The summed E-state index contributed by atoms with van der Waals surface area (Å²) in [6.07, 6.45) is 1.96. The molecule has 0 bridgehead atoms. The number of anilines is 1. The number of hydrogen-bond acceptors (Lipinski definition) is 7. The van der Waals surface area contributed by atoms with Gasteiger partial charge in [-0.15, -0.1) is 0 Å². The minimum absolute atomic E-state index is 0.320. The molecule has 0 aromatic carbocycles. The molecule has 0 saturated carbocycles. The summed E-state index contributed by atoms with van der Waals surface area (Å²) >= 11 is 1.58. The van der Waals surface area contributed by atoms with Gasteiger partial charge in [-0.2, -0.15) is 15.0 Å². The second-order valence-corrected chi connectivity index (χ2v) is 4.96. The van der Waals surface area contributed by atoms with Gasteiger partial charge < -0.3 is 4.74 Å². The van der Waals surface area contributed by atoms with Crippen molar-refractivity contribution in [2.45, 2.75) is 44.0 Å². The number of nitrogens with two attached hydrogens (primary N) is 1. The van der Waals surface area contributed by atoms with E-state index in [1.54, 1.807) is 11.8 Å². The molecule has 1 aromatic rings. The second kappa shape index (κ2) is 7.29. The molecular weight excluding hydrogens is 238 g/mol. The van der Waals surface area contributed by atoms with Crippen molar-refractivity contribution >= 4 is 17.7 Å². The van der Waals surface area contributed by atoms with Gasteiger partial charge in [-0.1, -0.05) is 32.5 Å². The Labute approximate surface area is 106 Å². The van der Waals surface area contributed by atoms with Gasteiger partial charge in [0.2, 0.25) is 5.95 Å².